The van der Waals surface area contributed by atoms with Crippen LogP contribution in [-0.2, 0) is 6.54 Å². The van der Waals surface area contributed by atoms with Crippen LogP contribution in [0.4, 0.5) is 0 Å². The van der Waals surface area contributed by atoms with E-state index in [4.69, 9.17) is 11.6 Å². The van der Waals surface area contributed by atoms with Gasteiger partial charge in [0.05, 0.1) is 23.0 Å². The first-order valence-electron chi connectivity index (χ1n) is 6.45. The smallest absolute Gasteiger partial charge is 0.336 e. The SMILES string of the molecule is CCn1cc(-c2cc(C(=O)O)c3cc(Cl)ccc3n2)cn1. The summed E-state index contributed by atoms with van der Waals surface area (Å²) in [6.07, 6.45) is 3.52. The van der Waals surface area contributed by atoms with E-state index in [0.717, 1.165) is 12.1 Å². The van der Waals surface area contributed by atoms with E-state index in [1.807, 2.05) is 13.1 Å². The van der Waals surface area contributed by atoms with Crippen molar-refractivity contribution < 1.29 is 9.90 Å². The van der Waals surface area contributed by atoms with Crippen molar-refractivity contribution in [1.82, 2.24) is 14.8 Å². The highest BCUT2D eigenvalue weighted by Gasteiger charge is 2.14. The van der Waals surface area contributed by atoms with Gasteiger partial charge >= 0.3 is 5.97 Å². The lowest BCUT2D eigenvalue weighted by Gasteiger charge is -2.06. The molecule has 6 heteroatoms. The summed E-state index contributed by atoms with van der Waals surface area (Å²) < 4.78 is 1.77. The Kier molecular flexibility index (Phi) is 3.35. The maximum Gasteiger partial charge on any atom is 0.336 e. The molecule has 0 aliphatic carbocycles. The number of hydrogen-bond acceptors (Lipinski definition) is 3. The van der Waals surface area contributed by atoms with Gasteiger partial charge in [-0.15, -0.1) is 0 Å². The summed E-state index contributed by atoms with van der Waals surface area (Å²) in [5, 5.41) is 14.6. The molecule has 106 valence electrons. The second kappa shape index (κ2) is 5.18. The number of nitrogens with zero attached hydrogens (tertiary/aromatic N) is 3. The molecule has 0 bridgehead atoms. The molecule has 1 aromatic carbocycles. The van der Waals surface area contributed by atoms with E-state index in [0.29, 0.717) is 21.6 Å². The first-order chi connectivity index (χ1) is 10.1. The van der Waals surface area contributed by atoms with Crippen LogP contribution in [0, 0.1) is 0 Å². The van der Waals surface area contributed by atoms with Crippen LogP contribution in [0.25, 0.3) is 22.2 Å². The van der Waals surface area contributed by atoms with Crippen molar-refractivity contribution in [2.75, 3.05) is 0 Å². The zero-order chi connectivity index (χ0) is 15.0. The Bertz CT molecular complexity index is 842. The Labute approximate surface area is 125 Å². The van der Waals surface area contributed by atoms with Crippen molar-refractivity contribution in [3.8, 4) is 11.3 Å². The number of fused-ring (bicyclic) bond motifs is 1. The number of aromatic carboxylic acids is 1. The molecule has 21 heavy (non-hydrogen) atoms. The van der Waals surface area contributed by atoms with Crippen LogP contribution in [0.15, 0.2) is 36.7 Å². The van der Waals surface area contributed by atoms with Crippen LogP contribution in [0.5, 0.6) is 0 Å². The largest absolute Gasteiger partial charge is 0.478 e. The normalized spacial score (nSPS) is 11.0. The monoisotopic (exact) mass is 301 g/mol. The van der Waals surface area contributed by atoms with Gasteiger partial charge in [-0.25, -0.2) is 9.78 Å². The summed E-state index contributed by atoms with van der Waals surface area (Å²) in [7, 11) is 0. The van der Waals surface area contributed by atoms with Gasteiger partial charge in [0, 0.05) is 28.7 Å². The fraction of sp³-hybridized carbons (Fsp3) is 0.133. The van der Waals surface area contributed by atoms with E-state index in [9.17, 15) is 9.90 Å². The van der Waals surface area contributed by atoms with E-state index < -0.39 is 5.97 Å². The molecule has 3 rings (SSSR count). The summed E-state index contributed by atoms with van der Waals surface area (Å²) in [4.78, 5) is 16.0. The highest BCUT2D eigenvalue weighted by atomic mass is 35.5. The highest BCUT2D eigenvalue weighted by Crippen LogP contribution is 2.26. The number of aryl methyl sites for hydroxylation is 1. The number of pyridine rings is 1. The topological polar surface area (TPSA) is 68.0 Å². The summed E-state index contributed by atoms with van der Waals surface area (Å²) >= 11 is 5.94. The van der Waals surface area contributed by atoms with Crippen LogP contribution >= 0.6 is 11.6 Å². The second-order valence-electron chi connectivity index (χ2n) is 4.61. The first-order valence-corrected chi connectivity index (χ1v) is 6.82. The molecular formula is C15H12ClN3O2. The Hall–Kier alpha value is -2.40. The number of hydrogen-bond donors (Lipinski definition) is 1. The van der Waals surface area contributed by atoms with E-state index in [1.165, 1.54) is 0 Å². The molecule has 0 fully saturated rings. The minimum Gasteiger partial charge on any atom is -0.478 e. The van der Waals surface area contributed by atoms with Crippen molar-refractivity contribution in [3.63, 3.8) is 0 Å². The average molecular weight is 302 g/mol. The molecule has 0 aliphatic rings. The molecule has 0 spiro atoms. The molecule has 0 saturated carbocycles. The van der Waals surface area contributed by atoms with Crippen molar-refractivity contribution in [2.45, 2.75) is 13.5 Å². The van der Waals surface area contributed by atoms with Crippen molar-refractivity contribution in [1.29, 1.82) is 0 Å². The Morgan fingerprint density at radius 2 is 2.19 bits per heavy atom. The standard InChI is InChI=1S/C15H12ClN3O2/c1-2-19-8-9(7-17-19)14-6-12(15(20)21)11-5-10(16)3-4-13(11)18-14/h3-8H,2H2,1H3,(H,20,21). The number of aromatic nitrogens is 3. The number of halogens is 1. The third-order valence-corrected chi connectivity index (χ3v) is 3.49. The molecule has 0 radical (unpaired) electrons. The lowest BCUT2D eigenvalue weighted by Crippen LogP contribution is -2.00. The molecule has 0 amide bonds. The lowest BCUT2D eigenvalue weighted by atomic mass is 10.1. The van der Waals surface area contributed by atoms with Crippen molar-refractivity contribution >= 4 is 28.5 Å². The molecule has 0 unspecified atom stereocenters. The van der Waals surface area contributed by atoms with Crippen LogP contribution in [-0.4, -0.2) is 25.8 Å². The number of benzene rings is 1. The van der Waals surface area contributed by atoms with E-state index in [1.54, 1.807) is 35.1 Å². The zero-order valence-corrected chi connectivity index (χ0v) is 12.0. The second-order valence-corrected chi connectivity index (χ2v) is 5.04. The molecule has 3 aromatic rings. The summed E-state index contributed by atoms with van der Waals surface area (Å²) in [6.45, 7) is 2.73. The van der Waals surface area contributed by atoms with Gasteiger partial charge in [0.2, 0.25) is 0 Å². The molecule has 1 N–H and O–H groups in total. The van der Waals surface area contributed by atoms with Crippen LogP contribution < -0.4 is 0 Å². The van der Waals surface area contributed by atoms with Gasteiger partial charge in [0.25, 0.3) is 0 Å². The van der Waals surface area contributed by atoms with Crippen molar-refractivity contribution in [2.24, 2.45) is 0 Å². The van der Waals surface area contributed by atoms with Gasteiger partial charge in [-0.3, -0.25) is 4.68 Å². The predicted octanol–water partition coefficient (Wildman–Crippen LogP) is 3.47. The van der Waals surface area contributed by atoms with E-state index in [2.05, 4.69) is 10.1 Å². The van der Waals surface area contributed by atoms with Gasteiger partial charge < -0.3 is 5.11 Å². The van der Waals surface area contributed by atoms with Gasteiger partial charge in [0.1, 0.15) is 0 Å². The molecule has 5 nitrogen and oxygen atoms in total. The first kappa shape index (κ1) is 13.6. The average Bonchev–Trinajstić information content (AvgIpc) is 2.95. The van der Waals surface area contributed by atoms with Crippen LogP contribution in [0.2, 0.25) is 5.02 Å². The lowest BCUT2D eigenvalue weighted by molar-refractivity contribution is 0.0699. The minimum atomic E-state index is -1.01. The Morgan fingerprint density at radius 1 is 1.38 bits per heavy atom. The molecule has 0 aliphatic heterocycles. The van der Waals surface area contributed by atoms with E-state index in [-0.39, 0.29) is 5.56 Å². The summed E-state index contributed by atoms with van der Waals surface area (Å²) in [6, 6.07) is 6.59. The fourth-order valence-corrected chi connectivity index (χ4v) is 2.36. The fourth-order valence-electron chi connectivity index (χ4n) is 2.19. The van der Waals surface area contributed by atoms with Gasteiger partial charge in [-0.1, -0.05) is 11.6 Å². The number of carboxylic acids is 1. The minimum absolute atomic E-state index is 0.182. The van der Waals surface area contributed by atoms with Crippen molar-refractivity contribution in [3.05, 3.63) is 47.2 Å². The summed E-state index contributed by atoms with van der Waals surface area (Å²) in [5.74, 6) is -1.01. The van der Waals surface area contributed by atoms with Gasteiger partial charge in [-0.05, 0) is 31.2 Å². The van der Waals surface area contributed by atoms with Gasteiger partial charge in [-0.2, -0.15) is 5.10 Å². The molecule has 2 heterocycles. The quantitative estimate of drug-likeness (QED) is 0.804. The number of carboxylic acid groups (broad SMARTS) is 1. The van der Waals surface area contributed by atoms with Crippen LogP contribution in [0.1, 0.15) is 17.3 Å². The Balaban J connectivity index is 2.25. The molecular weight excluding hydrogens is 290 g/mol. The predicted molar refractivity (Wildman–Crippen MR) is 80.6 cm³/mol. The Morgan fingerprint density at radius 3 is 2.86 bits per heavy atom. The maximum absolute atomic E-state index is 11.5. The summed E-state index contributed by atoms with van der Waals surface area (Å²) in [5.41, 5.74) is 2.15. The number of rotatable bonds is 3. The van der Waals surface area contributed by atoms with E-state index >= 15 is 0 Å². The highest BCUT2D eigenvalue weighted by molar-refractivity contribution is 6.31. The molecule has 0 atom stereocenters. The van der Waals surface area contributed by atoms with Gasteiger partial charge in [0.15, 0.2) is 0 Å². The number of carbonyl (C=O) groups is 1. The molecule has 2 aromatic heterocycles. The molecule has 0 saturated heterocycles. The maximum atomic E-state index is 11.5. The third-order valence-electron chi connectivity index (χ3n) is 3.25. The van der Waals surface area contributed by atoms with Crippen LogP contribution in [0.3, 0.4) is 0 Å². The third kappa shape index (κ3) is 2.48. The zero-order valence-electron chi connectivity index (χ0n) is 11.2.